The fourth-order valence-electron chi connectivity index (χ4n) is 2.41. The second-order valence-corrected chi connectivity index (χ2v) is 4.77. The van der Waals surface area contributed by atoms with E-state index < -0.39 is 5.97 Å². The maximum Gasteiger partial charge on any atom is 0.306 e. The zero-order valence-electron chi connectivity index (χ0n) is 10.1. The van der Waals surface area contributed by atoms with Gasteiger partial charge in [0, 0.05) is 19.7 Å². The van der Waals surface area contributed by atoms with Gasteiger partial charge >= 0.3 is 5.97 Å². The van der Waals surface area contributed by atoms with Crippen LogP contribution in [0.1, 0.15) is 26.2 Å². The van der Waals surface area contributed by atoms with Crippen LogP contribution in [-0.4, -0.2) is 47.7 Å². The molecule has 17 heavy (non-hydrogen) atoms. The summed E-state index contributed by atoms with van der Waals surface area (Å²) < 4.78 is 5.40. The first-order chi connectivity index (χ1) is 8.13. The second kappa shape index (κ2) is 5.04. The summed E-state index contributed by atoms with van der Waals surface area (Å²) in [6, 6.07) is 0. The Morgan fingerprint density at radius 2 is 2.00 bits per heavy atom. The zero-order valence-corrected chi connectivity index (χ0v) is 10.1. The van der Waals surface area contributed by atoms with Crippen molar-refractivity contribution in [1.29, 1.82) is 0 Å². The van der Waals surface area contributed by atoms with Gasteiger partial charge in [-0.3, -0.25) is 9.59 Å². The molecule has 0 aromatic carbocycles. The van der Waals surface area contributed by atoms with Gasteiger partial charge in [-0.15, -0.1) is 0 Å². The van der Waals surface area contributed by atoms with Gasteiger partial charge in [0.25, 0.3) is 0 Å². The molecular weight excluding hydrogens is 222 g/mol. The maximum atomic E-state index is 12.0. The van der Waals surface area contributed by atoms with Gasteiger partial charge in [0.1, 0.15) is 0 Å². The van der Waals surface area contributed by atoms with Crippen molar-refractivity contribution in [3.05, 3.63) is 0 Å². The molecule has 2 fully saturated rings. The monoisotopic (exact) mass is 241 g/mol. The Morgan fingerprint density at radius 1 is 1.35 bits per heavy atom. The number of hydrogen-bond acceptors (Lipinski definition) is 3. The largest absolute Gasteiger partial charge is 0.481 e. The summed E-state index contributed by atoms with van der Waals surface area (Å²) in [7, 11) is 0. The van der Waals surface area contributed by atoms with Crippen LogP contribution in [0.25, 0.3) is 0 Å². The lowest BCUT2D eigenvalue weighted by atomic mass is 9.97. The average molecular weight is 241 g/mol. The van der Waals surface area contributed by atoms with Crippen LogP contribution < -0.4 is 0 Å². The van der Waals surface area contributed by atoms with Crippen LogP contribution in [0.3, 0.4) is 0 Å². The van der Waals surface area contributed by atoms with Crippen molar-refractivity contribution in [3.8, 4) is 0 Å². The highest BCUT2D eigenvalue weighted by atomic mass is 16.5. The molecule has 2 atom stereocenters. The first-order valence-electron chi connectivity index (χ1n) is 6.26. The van der Waals surface area contributed by atoms with Gasteiger partial charge in [-0.1, -0.05) is 0 Å². The number of ether oxygens (including phenoxy) is 1. The van der Waals surface area contributed by atoms with Crippen LogP contribution in [0.15, 0.2) is 0 Å². The summed E-state index contributed by atoms with van der Waals surface area (Å²) in [4.78, 5) is 24.6. The molecule has 2 aliphatic rings. The van der Waals surface area contributed by atoms with Gasteiger partial charge in [-0.05, 0) is 26.2 Å². The molecule has 96 valence electrons. The molecule has 0 aromatic heterocycles. The van der Waals surface area contributed by atoms with E-state index in [0.717, 1.165) is 6.42 Å². The molecule has 1 saturated heterocycles. The number of carbonyl (C=O) groups excluding carboxylic acids is 1. The lowest BCUT2D eigenvalue weighted by Gasteiger charge is -2.30. The SMILES string of the molecule is CCO[C@@H]1C[C@@H]1C(=O)N1CCC(C(=O)O)CC1. The Bertz CT molecular complexity index is 310. The minimum absolute atomic E-state index is 0.0244. The van der Waals surface area contributed by atoms with E-state index in [0.29, 0.717) is 32.5 Å². The van der Waals surface area contributed by atoms with Gasteiger partial charge in [-0.25, -0.2) is 0 Å². The van der Waals surface area contributed by atoms with Crippen LogP contribution in [0, 0.1) is 11.8 Å². The van der Waals surface area contributed by atoms with Gasteiger partial charge in [0.15, 0.2) is 0 Å². The number of carboxylic acids is 1. The smallest absolute Gasteiger partial charge is 0.306 e. The standard InChI is InChI=1S/C12H19NO4/c1-2-17-10-7-9(10)11(14)13-5-3-8(4-6-13)12(15)16/h8-10H,2-7H2,1H3,(H,15,16)/t9-,10+/m0/s1. The van der Waals surface area contributed by atoms with Gasteiger partial charge in [-0.2, -0.15) is 0 Å². The van der Waals surface area contributed by atoms with Crippen molar-refractivity contribution in [2.24, 2.45) is 11.8 Å². The fraction of sp³-hybridized carbons (Fsp3) is 0.833. The summed E-state index contributed by atoms with van der Waals surface area (Å²) >= 11 is 0. The number of rotatable bonds is 4. The number of carbonyl (C=O) groups is 2. The van der Waals surface area contributed by atoms with E-state index in [9.17, 15) is 9.59 Å². The first kappa shape index (κ1) is 12.4. The minimum atomic E-state index is -0.740. The Morgan fingerprint density at radius 3 is 2.53 bits per heavy atom. The topological polar surface area (TPSA) is 66.8 Å². The second-order valence-electron chi connectivity index (χ2n) is 4.77. The van der Waals surface area contributed by atoms with Crippen molar-refractivity contribution >= 4 is 11.9 Å². The molecule has 0 aromatic rings. The summed E-state index contributed by atoms with van der Waals surface area (Å²) in [5.41, 5.74) is 0. The third-order valence-corrected chi connectivity index (χ3v) is 3.59. The molecular formula is C12H19NO4. The van der Waals surface area contributed by atoms with Gasteiger partial charge < -0.3 is 14.7 Å². The quantitative estimate of drug-likeness (QED) is 0.788. The molecule has 0 unspecified atom stereocenters. The molecule has 1 saturated carbocycles. The van der Waals surface area contributed by atoms with E-state index in [4.69, 9.17) is 9.84 Å². The van der Waals surface area contributed by atoms with Crippen molar-refractivity contribution in [2.75, 3.05) is 19.7 Å². The zero-order chi connectivity index (χ0) is 12.4. The predicted molar refractivity (Wildman–Crippen MR) is 60.5 cm³/mol. The van der Waals surface area contributed by atoms with Crippen molar-refractivity contribution in [2.45, 2.75) is 32.3 Å². The lowest BCUT2D eigenvalue weighted by Crippen LogP contribution is -2.41. The highest BCUT2D eigenvalue weighted by Gasteiger charge is 2.46. The van der Waals surface area contributed by atoms with E-state index >= 15 is 0 Å². The van der Waals surface area contributed by atoms with Crippen molar-refractivity contribution in [3.63, 3.8) is 0 Å². The predicted octanol–water partition coefficient (Wildman–Crippen LogP) is 0.735. The summed E-state index contributed by atoms with van der Waals surface area (Å²) in [6.07, 6.45) is 2.08. The Labute approximate surface area is 101 Å². The van der Waals surface area contributed by atoms with E-state index in [1.165, 1.54) is 0 Å². The molecule has 5 heteroatoms. The average Bonchev–Trinajstić information content (AvgIpc) is 3.08. The molecule has 1 N–H and O–H groups in total. The third-order valence-electron chi connectivity index (χ3n) is 3.59. The van der Waals surface area contributed by atoms with Crippen molar-refractivity contribution in [1.82, 2.24) is 4.90 Å². The van der Waals surface area contributed by atoms with Crippen LogP contribution >= 0.6 is 0 Å². The van der Waals surface area contributed by atoms with Gasteiger partial charge in [0.2, 0.25) is 5.91 Å². The van der Waals surface area contributed by atoms with E-state index in [2.05, 4.69) is 0 Å². The van der Waals surface area contributed by atoms with Crippen LogP contribution in [-0.2, 0) is 14.3 Å². The number of hydrogen-bond donors (Lipinski definition) is 1. The number of piperidine rings is 1. The Balaban J connectivity index is 1.78. The molecule has 1 aliphatic heterocycles. The Kier molecular flexibility index (Phi) is 3.66. The summed E-state index contributed by atoms with van der Waals surface area (Å²) in [5.74, 6) is -0.847. The number of carboxylic acid groups (broad SMARTS) is 1. The lowest BCUT2D eigenvalue weighted by molar-refractivity contribution is -0.146. The number of nitrogens with zero attached hydrogens (tertiary/aromatic N) is 1. The fourth-order valence-corrected chi connectivity index (χ4v) is 2.41. The molecule has 5 nitrogen and oxygen atoms in total. The first-order valence-corrected chi connectivity index (χ1v) is 6.26. The van der Waals surface area contributed by atoms with Crippen LogP contribution in [0.4, 0.5) is 0 Å². The molecule has 2 rings (SSSR count). The third kappa shape index (κ3) is 2.77. The molecule has 1 aliphatic carbocycles. The number of likely N-dealkylation sites (tertiary alicyclic amines) is 1. The molecule has 1 amide bonds. The number of aliphatic carboxylic acids is 1. The van der Waals surface area contributed by atoms with E-state index in [-0.39, 0.29) is 23.8 Å². The van der Waals surface area contributed by atoms with Crippen LogP contribution in [0.5, 0.6) is 0 Å². The molecule has 0 radical (unpaired) electrons. The summed E-state index contributed by atoms with van der Waals surface area (Å²) in [5, 5.41) is 8.87. The summed E-state index contributed by atoms with van der Waals surface area (Å²) in [6.45, 7) is 3.73. The van der Waals surface area contributed by atoms with Gasteiger partial charge in [0.05, 0.1) is 17.9 Å². The molecule has 1 heterocycles. The normalized spacial score (nSPS) is 29.1. The van der Waals surface area contributed by atoms with Crippen molar-refractivity contribution < 1.29 is 19.4 Å². The molecule has 0 bridgehead atoms. The van der Waals surface area contributed by atoms with E-state index in [1.54, 1.807) is 4.90 Å². The number of amides is 1. The van der Waals surface area contributed by atoms with Crippen LogP contribution in [0.2, 0.25) is 0 Å². The molecule has 0 spiro atoms. The highest BCUT2D eigenvalue weighted by Crippen LogP contribution is 2.36. The minimum Gasteiger partial charge on any atom is -0.481 e. The Hall–Kier alpha value is -1.10. The maximum absolute atomic E-state index is 12.0. The van der Waals surface area contributed by atoms with E-state index in [1.807, 2.05) is 6.92 Å². The highest BCUT2D eigenvalue weighted by molar-refractivity contribution is 5.82.